The van der Waals surface area contributed by atoms with Gasteiger partial charge >= 0.3 is 0 Å². The van der Waals surface area contributed by atoms with Crippen LogP contribution in [0.2, 0.25) is 0 Å². The molecule has 2 nitrogen and oxygen atoms in total. The van der Waals surface area contributed by atoms with Gasteiger partial charge in [0.25, 0.3) is 0 Å². The van der Waals surface area contributed by atoms with E-state index in [-0.39, 0.29) is 0 Å². The van der Waals surface area contributed by atoms with Crippen LogP contribution in [0.5, 0.6) is 0 Å². The Hall–Kier alpha value is -0.0800. The van der Waals surface area contributed by atoms with Gasteiger partial charge in [-0.25, -0.2) is 0 Å². The Morgan fingerprint density at radius 1 is 1.00 bits per heavy atom. The SMILES string of the molecule is NC1CCCCCC1C1CCOC1. The highest BCUT2D eigenvalue weighted by Gasteiger charge is 2.30. The molecule has 0 amide bonds. The lowest BCUT2D eigenvalue weighted by molar-refractivity contribution is 0.162. The molecule has 1 saturated carbocycles. The first-order chi connectivity index (χ1) is 6.38. The normalized spacial score (nSPS) is 41.8. The van der Waals surface area contributed by atoms with Gasteiger partial charge in [-0.1, -0.05) is 19.3 Å². The molecule has 0 radical (unpaired) electrons. The summed E-state index contributed by atoms with van der Waals surface area (Å²) in [4.78, 5) is 0. The molecule has 0 aromatic carbocycles. The van der Waals surface area contributed by atoms with E-state index in [1.54, 1.807) is 0 Å². The van der Waals surface area contributed by atoms with Gasteiger partial charge in [0.15, 0.2) is 0 Å². The quantitative estimate of drug-likeness (QED) is 0.630. The maximum atomic E-state index is 6.20. The summed E-state index contributed by atoms with van der Waals surface area (Å²) in [6.45, 7) is 1.94. The van der Waals surface area contributed by atoms with Crippen molar-refractivity contribution in [2.75, 3.05) is 13.2 Å². The minimum Gasteiger partial charge on any atom is -0.381 e. The van der Waals surface area contributed by atoms with Gasteiger partial charge in [-0.2, -0.15) is 0 Å². The fraction of sp³-hybridized carbons (Fsp3) is 1.00. The highest BCUT2D eigenvalue weighted by molar-refractivity contribution is 4.83. The van der Waals surface area contributed by atoms with Crippen LogP contribution in [0.25, 0.3) is 0 Å². The summed E-state index contributed by atoms with van der Waals surface area (Å²) in [7, 11) is 0. The van der Waals surface area contributed by atoms with Crippen molar-refractivity contribution in [2.24, 2.45) is 17.6 Å². The van der Waals surface area contributed by atoms with E-state index in [1.807, 2.05) is 0 Å². The number of hydrogen-bond donors (Lipinski definition) is 1. The first-order valence-electron chi connectivity index (χ1n) is 5.71. The zero-order chi connectivity index (χ0) is 9.10. The van der Waals surface area contributed by atoms with Gasteiger partial charge < -0.3 is 10.5 Å². The van der Waals surface area contributed by atoms with E-state index >= 15 is 0 Å². The van der Waals surface area contributed by atoms with Crippen LogP contribution in [-0.2, 0) is 4.74 Å². The second-order valence-electron chi connectivity index (χ2n) is 4.59. The van der Waals surface area contributed by atoms with Gasteiger partial charge in [0.05, 0.1) is 0 Å². The van der Waals surface area contributed by atoms with E-state index in [1.165, 1.54) is 38.5 Å². The average Bonchev–Trinajstić information content (AvgIpc) is 2.56. The van der Waals surface area contributed by atoms with E-state index in [9.17, 15) is 0 Å². The molecule has 1 heterocycles. The summed E-state index contributed by atoms with van der Waals surface area (Å²) in [5.74, 6) is 1.53. The molecule has 2 rings (SSSR count). The maximum absolute atomic E-state index is 6.20. The Morgan fingerprint density at radius 3 is 2.62 bits per heavy atom. The average molecular weight is 183 g/mol. The van der Waals surface area contributed by atoms with E-state index in [0.29, 0.717) is 6.04 Å². The molecule has 1 saturated heterocycles. The second-order valence-corrected chi connectivity index (χ2v) is 4.59. The van der Waals surface area contributed by atoms with Gasteiger partial charge in [0.2, 0.25) is 0 Å². The number of hydrogen-bond acceptors (Lipinski definition) is 2. The van der Waals surface area contributed by atoms with Crippen LogP contribution in [0, 0.1) is 11.8 Å². The third kappa shape index (κ3) is 2.23. The molecule has 2 heteroatoms. The Morgan fingerprint density at radius 2 is 1.85 bits per heavy atom. The van der Waals surface area contributed by atoms with Crippen molar-refractivity contribution in [2.45, 2.75) is 44.6 Å². The molecule has 1 aliphatic heterocycles. The minimum atomic E-state index is 0.453. The van der Waals surface area contributed by atoms with Crippen molar-refractivity contribution in [3.05, 3.63) is 0 Å². The lowest BCUT2D eigenvalue weighted by atomic mass is 9.83. The molecule has 0 aromatic rings. The smallest absolute Gasteiger partial charge is 0.0498 e. The Kier molecular flexibility index (Phi) is 3.23. The van der Waals surface area contributed by atoms with Crippen LogP contribution in [0.15, 0.2) is 0 Å². The van der Waals surface area contributed by atoms with Crippen LogP contribution < -0.4 is 5.73 Å². The molecule has 0 aromatic heterocycles. The highest BCUT2D eigenvalue weighted by Crippen LogP contribution is 2.32. The number of nitrogens with two attached hydrogens (primary N) is 1. The van der Waals surface area contributed by atoms with Crippen LogP contribution >= 0.6 is 0 Å². The zero-order valence-electron chi connectivity index (χ0n) is 8.37. The summed E-state index contributed by atoms with van der Waals surface area (Å²) in [5.41, 5.74) is 6.20. The number of rotatable bonds is 1. The summed E-state index contributed by atoms with van der Waals surface area (Å²) in [6.07, 6.45) is 7.94. The molecule has 2 aliphatic rings. The van der Waals surface area contributed by atoms with Crippen LogP contribution in [0.3, 0.4) is 0 Å². The second kappa shape index (κ2) is 4.43. The van der Waals surface area contributed by atoms with Gasteiger partial charge in [-0.05, 0) is 31.1 Å². The van der Waals surface area contributed by atoms with E-state index in [0.717, 1.165) is 25.0 Å². The Bertz CT molecular complexity index is 154. The first kappa shape index (κ1) is 9.47. The Labute approximate surface area is 80.8 Å². The fourth-order valence-corrected chi connectivity index (χ4v) is 2.84. The summed E-state index contributed by atoms with van der Waals surface area (Å²) < 4.78 is 5.44. The predicted molar refractivity (Wildman–Crippen MR) is 53.5 cm³/mol. The monoisotopic (exact) mass is 183 g/mol. The van der Waals surface area contributed by atoms with Gasteiger partial charge in [-0.3, -0.25) is 0 Å². The van der Waals surface area contributed by atoms with Gasteiger partial charge in [-0.15, -0.1) is 0 Å². The number of ether oxygens (including phenoxy) is 1. The third-order valence-corrected chi connectivity index (χ3v) is 3.70. The standard InChI is InChI=1S/C11H21NO/c12-11-5-3-1-2-4-10(11)9-6-7-13-8-9/h9-11H,1-8,12H2. The van der Waals surface area contributed by atoms with Gasteiger partial charge in [0.1, 0.15) is 0 Å². The third-order valence-electron chi connectivity index (χ3n) is 3.70. The molecule has 2 N–H and O–H groups in total. The largest absolute Gasteiger partial charge is 0.381 e. The molecule has 2 fully saturated rings. The summed E-state index contributed by atoms with van der Waals surface area (Å²) in [6, 6.07) is 0.453. The highest BCUT2D eigenvalue weighted by atomic mass is 16.5. The van der Waals surface area contributed by atoms with E-state index in [2.05, 4.69) is 0 Å². The molecule has 0 bridgehead atoms. The van der Waals surface area contributed by atoms with Crippen LogP contribution in [0.1, 0.15) is 38.5 Å². The van der Waals surface area contributed by atoms with Crippen LogP contribution in [-0.4, -0.2) is 19.3 Å². The van der Waals surface area contributed by atoms with Crippen molar-refractivity contribution < 1.29 is 4.74 Å². The van der Waals surface area contributed by atoms with Crippen molar-refractivity contribution in [1.82, 2.24) is 0 Å². The summed E-state index contributed by atoms with van der Waals surface area (Å²) >= 11 is 0. The lowest BCUT2D eigenvalue weighted by Gasteiger charge is -2.26. The molecule has 76 valence electrons. The molecule has 3 unspecified atom stereocenters. The molecule has 0 spiro atoms. The van der Waals surface area contributed by atoms with Gasteiger partial charge in [0, 0.05) is 19.3 Å². The fourth-order valence-electron chi connectivity index (χ4n) is 2.84. The minimum absolute atomic E-state index is 0.453. The first-order valence-corrected chi connectivity index (χ1v) is 5.71. The molecule has 13 heavy (non-hydrogen) atoms. The van der Waals surface area contributed by atoms with Crippen molar-refractivity contribution in [3.63, 3.8) is 0 Å². The Balaban J connectivity index is 1.93. The predicted octanol–water partition coefficient (Wildman–Crippen LogP) is 1.93. The molecular weight excluding hydrogens is 162 g/mol. The maximum Gasteiger partial charge on any atom is 0.0498 e. The summed E-state index contributed by atoms with van der Waals surface area (Å²) in [5, 5.41) is 0. The van der Waals surface area contributed by atoms with Crippen LogP contribution in [0.4, 0.5) is 0 Å². The molecular formula is C11H21NO. The van der Waals surface area contributed by atoms with E-state index in [4.69, 9.17) is 10.5 Å². The van der Waals surface area contributed by atoms with Crippen molar-refractivity contribution in [3.8, 4) is 0 Å². The molecule has 1 aliphatic carbocycles. The van der Waals surface area contributed by atoms with Crippen molar-refractivity contribution in [1.29, 1.82) is 0 Å². The molecule has 3 atom stereocenters. The lowest BCUT2D eigenvalue weighted by Crippen LogP contribution is -2.34. The van der Waals surface area contributed by atoms with E-state index < -0.39 is 0 Å². The zero-order valence-corrected chi connectivity index (χ0v) is 8.37. The topological polar surface area (TPSA) is 35.2 Å². The van der Waals surface area contributed by atoms with Crippen molar-refractivity contribution >= 4 is 0 Å².